The first-order valence-electron chi connectivity index (χ1n) is 8.61. The number of hydrogen-bond acceptors (Lipinski definition) is 5. The lowest BCUT2D eigenvalue weighted by Crippen LogP contribution is -2.21. The Morgan fingerprint density at radius 3 is 2.44 bits per heavy atom. The van der Waals surface area contributed by atoms with E-state index in [9.17, 15) is 9.59 Å². The van der Waals surface area contributed by atoms with E-state index < -0.39 is 5.97 Å². The second-order valence-electron chi connectivity index (χ2n) is 5.99. The number of ether oxygens (including phenoxy) is 3. The largest absolute Gasteiger partial charge is 0.497 e. The molecule has 6 heteroatoms. The third kappa shape index (κ3) is 4.28. The van der Waals surface area contributed by atoms with Crippen molar-refractivity contribution < 1.29 is 19.0 Å². The van der Waals surface area contributed by atoms with Crippen molar-refractivity contribution in [3.05, 3.63) is 70.6 Å². The molecular formula is C21H21NO5. The van der Waals surface area contributed by atoms with Gasteiger partial charge < -0.3 is 18.8 Å². The van der Waals surface area contributed by atoms with E-state index in [4.69, 9.17) is 14.2 Å². The van der Waals surface area contributed by atoms with Crippen LogP contribution in [-0.2, 0) is 11.3 Å². The molecule has 0 aliphatic rings. The van der Waals surface area contributed by atoms with Crippen LogP contribution in [-0.4, -0.2) is 31.4 Å². The highest BCUT2D eigenvalue weighted by molar-refractivity contribution is 5.95. The van der Waals surface area contributed by atoms with Crippen LogP contribution >= 0.6 is 0 Å². The number of carbonyl (C=O) groups is 1. The summed E-state index contributed by atoms with van der Waals surface area (Å²) in [6, 6.07) is 14.2. The first-order valence-corrected chi connectivity index (χ1v) is 8.61. The van der Waals surface area contributed by atoms with Crippen LogP contribution in [0.4, 0.5) is 0 Å². The van der Waals surface area contributed by atoms with Crippen LogP contribution in [0.1, 0.15) is 16.8 Å². The second-order valence-corrected chi connectivity index (χ2v) is 5.99. The maximum atomic E-state index is 12.7. The standard InChI is InChI=1S/C21H21NO5/c1-25-17-6-8-18(9-7-17)27-13-3-11-22-12-10-15-4-5-16(21(24)26-2)14-19(15)20(22)23/h4-10,12,14H,3,11,13H2,1-2H3. The fourth-order valence-corrected chi connectivity index (χ4v) is 2.80. The number of pyridine rings is 1. The van der Waals surface area contributed by atoms with Crippen molar-refractivity contribution in [1.29, 1.82) is 0 Å². The summed E-state index contributed by atoms with van der Waals surface area (Å²) in [5, 5.41) is 1.29. The molecule has 0 N–H and O–H groups in total. The van der Waals surface area contributed by atoms with Gasteiger partial charge in [-0.25, -0.2) is 4.79 Å². The topological polar surface area (TPSA) is 66.8 Å². The Kier molecular flexibility index (Phi) is 5.76. The normalized spacial score (nSPS) is 10.6. The van der Waals surface area contributed by atoms with Gasteiger partial charge in [0, 0.05) is 18.1 Å². The number of aryl methyl sites for hydroxylation is 1. The van der Waals surface area contributed by atoms with Crippen molar-refractivity contribution >= 4 is 16.7 Å². The van der Waals surface area contributed by atoms with Gasteiger partial charge in [-0.05, 0) is 54.3 Å². The highest BCUT2D eigenvalue weighted by Crippen LogP contribution is 2.17. The molecule has 1 aromatic heterocycles. The second kappa shape index (κ2) is 8.40. The number of esters is 1. The molecule has 3 rings (SSSR count). The van der Waals surface area contributed by atoms with Crippen LogP contribution in [0.2, 0.25) is 0 Å². The van der Waals surface area contributed by atoms with Crippen molar-refractivity contribution in [1.82, 2.24) is 4.57 Å². The van der Waals surface area contributed by atoms with Crippen LogP contribution < -0.4 is 15.0 Å². The van der Waals surface area contributed by atoms with E-state index in [1.807, 2.05) is 30.3 Å². The summed E-state index contributed by atoms with van der Waals surface area (Å²) < 4.78 is 17.1. The molecule has 27 heavy (non-hydrogen) atoms. The van der Waals surface area contributed by atoms with Gasteiger partial charge in [-0.1, -0.05) is 6.07 Å². The predicted octanol–water partition coefficient (Wildman–Crippen LogP) is 3.27. The fraction of sp³-hybridized carbons (Fsp3) is 0.238. The molecule has 0 spiro atoms. The van der Waals surface area contributed by atoms with Crippen LogP contribution in [0, 0.1) is 0 Å². The lowest BCUT2D eigenvalue weighted by molar-refractivity contribution is 0.0601. The minimum Gasteiger partial charge on any atom is -0.497 e. The van der Waals surface area contributed by atoms with Gasteiger partial charge in [0.15, 0.2) is 0 Å². The van der Waals surface area contributed by atoms with Gasteiger partial charge in [-0.2, -0.15) is 0 Å². The minimum atomic E-state index is -0.459. The Bertz CT molecular complexity index is 992. The average molecular weight is 367 g/mol. The van der Waals surface area contributed by atoms with Crippen molar-refractivity contribution in [2.75, 3.05) is 20.8 Å². The number of hydrogen-bond donors (Lipinski definition) is 0. The van der Waals surface area contributed by atoms with E-state index in [2.05, 4.69) is 0 Å². The summed E-state index contributed by atoms with van der Waals surface area (Å²) in [7, 11) is 2.93. The molecule has 3 aromatic rings. The van der Waals surface area contributed by atoms with Crippen molar-refractivity contribution in [3.8, 4) is 11.5 Å². The van der Waals surface area contributed by atoms with Gasteiger partial charge in [-0.15, -0.1) is 0 Å². The molecule has 0 aliphatic heterocycles. The summed E-state index contributed by atoms with van der Waals surface area (Å²) in [5.41, 5.74) is 0.227. The van der Waals surface area contributed by atoms with E-state index in [-0.39, 0.29) is 5.56 Å². The van der Waals surface area contributed by atoms with Crippen molar-refractivity contribution in [3.63, 3.8) is 0 Å². The molecular weight excluding hydrogens is 346 g/mol. The summed E-state index contributed by atoms with van der Waals surface area (Å²) in [4.78, 5) is 24.4. The van der Waals surface area contributed by atoms with Crippen molar-refractivity contribution in [2.45, 2.75) is 13.0 Å². The monoisotopic (exact) mass is 367 g/mol. The van der Waals surface area contributed by atoms with E-state index in [1.165, 1.54) is 7.11 Å². The maximum absolute atomic E-state index is 12.7. The van der Waals surface area contributed by atoms with Gasteiger partial charge in [0.05, 0.1) is 26.4 Å². The predicted molar refractivity (Wildman–Crippen MR) is 103 cm³/mol. The average Bonchev–Trinajstić information content (AvgIpc) is 2.72. The number of benzene rings is 2. The fourth-order valence-electron chi connectivity index (χ4n) is 2.80. The highest BCUT2D eigenvalue weighted by atomic mass is 16.5. The molecule has 1 heterocycles. The zero-order valence-electron chi connectivity index (χ0n) is 15.3. The van der Waals surface area contributed by atoms with Crippen LogP contribution in [0.3, 0.4) is 0 Å². The molecule has 0 aliphatic carbocycles. The first kappa shape index (κ1) is 18.5. The Morgan fingerprint density at radius 2 is 1.74 bits per heavy atom. The van der Waals surface area contributed by atoms with Gasteiger partial charge in [0.25, 0.3) is 5.56 Å². The van der Waals surface area contributed by atoms with Crippen LogP contribution in [0.25, 0.3) is 10.8 Å². The van der Waals surface area contributed by atoms with Gasteiger partial charge >= 0.3 is 5.97 Å². The molecule has 0 saturated heterocycles. The molecule has 0 radical (unpaired) electrons. The summed E-state index contributed by atoms with van der Waals surface area (Å²) in [5.74, 6) is 1.07. The van der Waals surface area contributed by atoms with Gasteiger partial charge in [0.2, 0.25) is 0 Å². The number of aromatic nitrogens is 1. The maximum Gasteiger partial charge on any atom is 0.337 e. The zero-order chi connectivity index (χ0) is 19.2. The number of methoxy groups -OCH3 is 2. The zero-order valence-corrected chi connectivity index (χ0v) is 15.3. The van der Waals surface area contributed by atoms with Gasteiger partial charge in [-0.3, -0.25) is 4.79 Å². The summed E-state index contributed by atoms with van der Waals surface area (Å²) in [6.07, 6.45) is 2.43. The molecule has 0 bridgehead atoms. The smallest absolute Gasteiger partial charge is 0.337 e. The summed E-state index contributed by atoms with van der Waals surface area (Å²) in [6.45, 7) is 1.01. The molecule has 0 saturated carbocycles. The molecule has 0 unspecified atom stereocenters. The molecule has 0 fully saturated rings. The summed E-state index contributed by atoms with van der Waals surface area (Å²) >= 11 is 0. The number of fused-ring (bicyclic) bond motifs is 1. The van der Waals surface area contributed by atoms with E-state index in [1.54, 1.807) is 36.1 Å². The lowest BCUT2D eigenvalue weighted by atomic mass is 10.1. The Balaban J connectivity index is 1.66. The lowest BCUT2D eigenvalue weighted by Gasteiger charge is -2.10. The number of nitrogens with zero attached hydrogens (tertiary/aromatic N) is 1. The Labute approximate surface area is 156 Å². The van der Waals surface area contributed by atoms with E-state index in [0.29, 0.717) is 30.5 Å². The SMILES string of the molecule is COC(=O)c1ccc2ccn(CCCOc3ccc(OC)cc3)c(=O)c2c1. The Morgan fingerprint density at radius 1 is 1.00 bits per heavy atom. The first-order chi connectivity index (χ1) is 13.1. The highest BCUT2D eigenvalue weighted by Gasteiger charge is 2.09. The number of rotatable bonds is 7. The van der Waals surface area contributed by atoms with Crippen LogP contribution in [0.5, 0.6) is 11.5 Å². The third-order valence-electron chi connectivity index (χ3n) is 4.27. The minimum absolute atomic E-state index is 0.136. The quantitative estimate of drug-likeness (QED) is 0.474. The van der Waals surface area contributed by atoms with Crippen LogP contribution in [0.15, 0.2) is 59.5 Å². The molecule has 0 amide bonds. The molecule has 0 atom stereocenters. The Hall–Kier alpha value is -3.28. The van der Waals surface area contributed by atoms with Crippen molar-refractivity contribution in [2.24, 2.45) is 0 Å². The van der Waals surface area contributed by atoms with Gasteiger partial charge in [0.1, 0.15) is 11.5 Å². The third-order valence-corrected chi connectivity index (χ3v) is 4.27. The molecule has 2 aromatic carbocycles. The van der Waals surface area contributed by atoms with E-state index in [0.717, 1.165) is 16.9 Å². The number of carbonyl (C=O) groups excluding carboxylic acids is 1. The van der Waals surface area contributed by atoms with E-state index >= 15 is 0 Å². The molecule has 6 nitrogen and oxygen atoms in total. The molecule has 140 valence electrons.